The van der Waals surface area contributed by atoms with Gasteiger partial charge in [-0.2, -0.15) is 5.26 Å². The summed E-state index contributed by atoms with van der Waals surface area (Å²) in [5.41, 5.74) is -0.550. The van der Waals surface area contributed by atoms with Crippen LogP contribution in [0.5, 0.6) is 0 Å². The first-order valence-electron chi connectivity index (χ1n) is 9.12. The number of benzene rings is 2. The third kappa shape index (κ3) is 4.94. The summed E-state index contributed by atoms with van der Waals surface area (Å²) < 4.78 is 33.9. The molecule has 0 atom stereocenters. The van der Waals surface area contributed by atoms with E-state index in [4.69, 9.17) is 4.74 Å². The van der Waals surface area contributed by atoms with Gasteiger partial charge in [0.2, 0.25) is 0 Å². The smallest absolute Gasteiger partial charge is 0.273 e. The Hall–Kier alpha value is -3.61. The largest absolute Gasteiger partial charge is 0.383 e. The zero-order valence-corrected chi connectivity index (χ0v) is 17.2. The molecular weight excluding hydrogens is 424 g/mol. The Kier molecular flexibility index (Phi) is 7.07. The maximum atomic E-state index is 14.5. The van der Waals surface area contributed by atoms with Crippen LogP contribution < -0.4 is 20.1 Å². The van der Waals surface area contributed by atoms with Crippen molar-refractivity contribution in [3.8, 4) is 11.8 Å². The van der Waals surface area contributed by atoms with E-state index in [1.807, 2.05) is 6.07 Å². The first-order valence-corrected chi connectivity index (χ1v) is 9.93. The Bertz CT molecular complexity index is 1320. The fourth-order valence-corrected chi connectivity index (χ4v) is 3.88. The van der Waals surface area contributed by atoms with E-state index >= 15 is 0 Å². The van der Waals surface area contributed by atoms with E-state index in [0.717, 1.165) is 28.0 Å². The van der Waals surface area contributed by atoms with Gasteiger partial charge in [-0.25, -0.2) is 8.78 Å². The molecule has 0 aliphatic heterocycles. The van der Waals surface area contributed by atoms with Gasteiger partial charge in [0.25, 0.3) is 11.5 Å². The Morgan fingerprint density at radius 2 is 2.00 bits per heavy atom. The number of ether oxygens (including phenoxy) is 1. The SMILES string of the molecule is COCCNC(=O)/C(C#N)=c1\s/c(=C\c2ccccc2)c(=O)n1-c1ccc(F)cc1F. The van der Waals surface area contributed by atoms with Gasteiger partial charge in [-0.15, -0.1) is 11.3 Å². The minimum atomic E-state index is -0.996. The van der Waals surface area contributed by atoms with E-state index in [9.17, 15) is 23.6 Å². The van der Waals surface area contributed by atoms with Crippen LogP contribution in [0.25, 0.3) is 17.3 Å². The average Bonchev–Trinajstić information content (AvgIpc) is 3.05. The van der Waals surface area contributed by atoms with E-state index in [2.05, 4.69) is 5.32 Å². The Labute approximate surface area is 180 Å². The monoisotopic (exact) mass is 441 g/mol. The summed E-state index contributed by atoms with van der Waals surface area (Å²) in [5, 5.41) is 12.1. The summed E-state index contributed by atoms with van der Waals surface area (Å²) in [5.74, 6) is -2.54. The zero-order valence-electron chi connectivity index (χ0n) is 16.4. The van der Waals surface area contributed by atoms with Crippen LogP contribution in [0.2, 0.25) is 0 Å². The summed E-state index contributed by atoms with van der Waals surface area (Å²) in [6, 6.07) is 13.4. The number of carbonyl (C=O) groups is 1. The number of hydrogen-bond acceptors (Lipinski definition) is 5. The van der Waals surface area contributed by atoms with Gasteiger partial charge in [-0.05, 0) is 23.8 Å². The number of hydrogen-bond donors (Lipinski definition) is 1. The Morgan fingerprint density at radius 3 is 2.65 bits per heavy atom. The molecule has 1 heterocycles. The summed E-state index contributed by atoms with van der Waals surface area (Å²) in [6.45, 7) is 0.366. The Morgan fingerprint density at radius 1 is 1.26 bits per heavy atom. The standard InChI is InChI=1S/C22H17F2N3O3S/c1-30-10-9-26-20(28)16(13-25)22-27(18-8-7-15(23)12-17(18)24)21(29)19(31-22)11-14-5-3-2-4-6-14/h2-8,11-12H,9-10H2,1H3,(H,26,28)/b19-11-,22-16-. The van der Waals surface area contributed by atoms with Crippen LogP contribution in [0.4, 0.5) is 8.78 Å². The third-order valence-corrected chi connectivity index (χ3v) is 5.31. The number of nitriles is 1. The van der Waals surface area contributed by atoms with Crippen LogP contribution in [0.15, 0.2) is 53.3 Å². The number of aromatic nitrogens is 1. The van der Waals surface area contributed by atoms with Crippen LogP contribution in [0.1, 0.15) is 5.56 Å². The van der Waals surface area contributed by atoms with Crippen molar-refractivity contribution in [2.45, 2.75) is 0 Å². The van der Waals surface area contributed by atoms with Crippen molar-refractivity contribution in [2.75, 3.05) is 20.3 Å². The predicted molar refractivity (Wildman–Crippen MR) is 113 cm³/mol. The number of nitrogens with one attached hydrogen (secondary N) is 1. The molecule has 0 saturated carbocycles. The van der Waals surface area contributed by atoms with Gasteiger partial charge >= 0.3 is 0 Å². The number of rotatable bonds is 6. The van der Waals surface area contributed by atoms with Crippen molar-refractivity contribution in [3.63, 3.8) is 0 Å². The number of halogens is 2. The van der Waals surface area contributed by atoms with E-state index in [0.29, 0.717) is 11.6 Å². The molecule has 0 bridgehead atoms. The first kappa shape index (κ1) is 22.1. The molecule has 1 N–H and O–H groups in total. The van der Waals surface area contributed by atoms with Gasteiger partial charge in [0, 0.05) is 19.7 Å². The normalized spacial score (nSPS) is 12.4. The summed E-state index contributed by atoms with van der Waals surface area (Å²) >= 11 is 0.872. The van der Waals surface area contributed by atoms with Crippen LogP contribution in [-0.2, 0) is 9.53 Å². The molecule has 0 saturated heterocycles. The molecule has 3 rings (SSSR count). The van der Waals surface area contributed by atoms with Crippen LogP contribution in [0.3, 0.4) is 0 Å². The lowest BCUT2D eigenvalue weighted by atomic mass is 10.2. The molecule has 31 heavy (non-hydrogen) atoms. The number of methoxy groups -OCH3 is 1. The molecule has 6 nitrogen and oxygen atoms in total. The molecule has 0 unspecified atom stereocenters. The highest BCUT2D eigenvalue weighted by Crippen LogP contribution is 2.12. The predicted octanol–water partition coefficient (Wildman–Crippen LogP) is 1.44. The number of thiazole rings is 1. The van der Waals surface area contributed by atoms with E-state index in [1.54, 1.807) is 36.4 Å². The lowest BCUT2D eigenvalue weighted by Crippen LogP contribution is -2.35. The molecule has 0 radical (unpaired) electrons. The molecule has 2 aromatic carbocycles. The summed E-state index contributed by atoms with van der Waals surface area (Å²) in [7, 11) is 1.46. The second-order valence-electron chi connectivity index (χ2n) is 6.30. The minimum Gasteiger partial charge on any atom is -0.383 e. The molecular formula is C22H17F2N3O3S. The maximum Gasteiger partial charge on any atom is 0.273 e. The first-order chi connectivity index (χ1) is 15.0. The Balaban J connectivity index is 2.32. The van der Waals surface area contributed by atoms with Crippen molar-refractivity contribution in [2.24, 2.45) is 0 Å². The van der Waals surface area contributed by atoms with Crippen LogP contribution >= 0.6 is 11.3 Å². The van der Waals surface area contributed by atoms with Crippen LogP contribution in [-0.4, -0.2) is 30.7 Å². The van der Waals surface area contributed by atoms with Gasteiger partial charge < -0.3 is 10.1 Å². The number of nitrogens with zero attached hydrogens (tertiary/aromatic N) is 2. The molecule has 0 aliphatic carbocycles. The molecule has 3 aromatic rings. The van der Waals surface area contributed by atoms with Crippen molar-refractivity contribution >= 4 is 28.9 Å². The van der Waals surface area contributed by atoms with Gasteiger partial charge in [0.15, 0.2) is 5.57 Å². The summed E-state index contributed by atoms with van der Waals surface area (Å²) in [4.78, 5) is 25.7. The number of carbonyl (C=O) groups excluding carboxylic acids is 1. The highest BCUT2D eigenvalue weighted by molar-refractivity contribution is 7.07. The maximum absolute atomic E-state index is 14.5. The molecule has 0 aliphatic rings. The molecule has 158 valence electrons. The van der Waals surface area contributed by atoms with Crippen molar-refractivity contribution < 1.29 is 18.3 Å². The highest BCUT2D eigenvalue weighted by atomic mass is 32.1. The van der Waals surface area contributed by atoms with E-state index in [-0.39, 0.29) is 33.6 Å². The number of amides is 1. The van der Waals surface area contributed by atoms with Gasteiger partial charge in [-0.3, -0.25) is 14.2 Å². The molecule has 0 fully saturated rings. The molecule has 0 spiro atoms. The lowest BCUT2D eigenvalue weighted by molar-refractivity contribution is -0.115. The van der Waals surface area contributed by atoms with Crippen molar-refractivity contribution in [1.29, 1.82) is 5.26 Å². The minimum absolute atomic E-state index is 0.0601. The van der Waals surface area contributed by atoms with Gasteiger partial charge in [-0.1, -0.05) is 30.3 Å². The third-order valence-electron chi connectivity index (χ3n) is 4.22. The molecule has 1 aromatic heterocycles. The molecule has 9 heteroatoms. The van der Waals surface area contributed by atoms with E-state index < -0.39 is 23.1 Å². The topological polar surface area (TPSA) is 84.1 Å². The van der Waals surface area contributed by atoms with Crippen molar-refractivity contribution in [1.82, 2.24) is 9.88 Å². The fraction of sp³-hybridized carbons (Fsp3) is 0.136. The van der Waals surface area contributed by atoms with Crippen LogP contribution in [0, 0.1) is 23.0 Å². The van der Waals surface area contributed by atoms with Gasteiger partial charge in [0.05, 0.1) is 16.8 Å². The average molecular weight is 441 g/mol. The fourth-order valence-electron chi connectivity index (χ4n) is 2.78. The van der Waals surface area contributed by atoms with Crippen molar-refractivity contribution in [3.05, 3.63) is 85.3 Å². The quantitative estimate of drug-likeness (QED) is 0.587. The summed E-state index contributed by atoms with van der Waals surface area (Å²) in [6.07, 6.45) is 1.58. The zero-order chi connectivity index (χ0) is 22.4. The van der Waals surface area contributed by atoms with E-state index in [1.165, 1.54) is 7.11 Å². The molecule has 1 amide bonds. The second-order valence-corrected chi connectivity index (χ2v) is 7.33. The highest BCUT2D eigenvalue weighted by Gasteiger charge is 2.18. The lowest BCUT2D eigenvalue weighted by Gasteiger charge is -2.06. The second kappa shape index (κ2) is 9.93. The van der Waals surface area contributed by atoms with Gasteiger partial charge in [0.1, 0.15) is 22.4 Å².